The zero-order chi connectivity index (χ0) is 10.5. The highest BCUT2D eigenvalue weighted by Crippen LogP contribution is 2.58. The molecule has 2 rings (SSSR count). The van der Waals surface area contributed by atoms with Crippen molar-refractivity contribution >= 4 is 16.5 Å². The monoisotopic (exact) mass is 211 g/mol. The maximum atomic E-state index is 6.03. The van der Waals surface area contributed by atoms with Gasteiger partial charge in [0.05, 0.1) is 0 Å². The van der Waals surface area contributed by atoms with Crippen molar-refractivity contribution in [3.63, 3.8) is 0 Å². The van der Waals surface area contributed by atoms with Crippen LogP contribution in [0.4, 0.5) is 5.13 Å². The van der Waals surface area contributed by atoms with Crippen LogP contribution in [0.15, 0.2) is 6.20 Å². The molecule has 0 radical (unpaired) electrons. The molecule has 1 aromatic heterocycles. The van der Waals surface area contributed by atoms with Crippen LogP contribution in [0, 0.1) is 5.41 Å². The minimum Gasteiger partial charge on any atom is -0.354 e. The number of hydrogen-bond acceptors (Lipinski definition) is 4. The fraction of sp³-hybridized carbons (Fsp3) is 0.700. The Morgan fingerprint density at radius 2 is 2.07 bits per heavy atom. The molecule has 1 fully saturated rings. The number of rotatable bonds is 2. The molecule has 0 bridgehead atoms. The molecule has 2 unspecified atom stereocenters. The van der Waals surface area contributed by atoms with Gasteiger partial charge in [0, 0.05) is 37.1 Å². The van der Waals surface area contributed by atoms with Gasteiger partial charge in [-0.1, -0.05) is 13.8 Å². The Morgan fingerprint density at radius 3 is 2.43 bits per heavy atom. The van der Waals surface area contributed by atoms with Gasteiger partial charge in [0.2, 0.25) is 0 Å². The maximum Gasteiger partial charge on any atom is 0.184 e. The lowest BCUT2D eigenvalue weighted by Crippen LogP contribution is -2.07. The van der Waals surface area contributed by atoms with Crippen LogP contribution in [-0.2, 0) is 0 Å². The Bertz CT molecular complexity index is 343. The van der Waals surface area contributed by atoms with Crippen molar-refractivity contribution in [1.29, 1.82) is 0 Å². The number of nitrogens with two attached hydrogens (primary N) is 1. The number of thiazole rings is 1. The minimum atomic E-state index is 0.260. The summed E-state index contributed by atoms with van der Waals surface area (Å²) in [5, 5.41) is 1.06. The number of anilines is 1. The zero-order valence-corrected chi connectivity index (χ0v) is 9.93. The molecule has 0 saturated heterocycles. The van der Waals surface area contributed by atoms with Gasteiger partial charge in [0.25, 0.3) is 0 Å². The average molecular weight is 211 g/mol. The third kappa shape index (κ3) is 1.33. The molecule has 78 valence electrons. The Labute approximate surface area is 88.9 Å². The van der Waals surface area contributed by atoms with Gasteiger partial charge in [-0.3, -0.25) is 0 Å². The van der Waals surface area contributed by atoms with Gasteiger partial charge in [-0.05, 0) is 5.41 Å². The summed E-state index contributed by atoms with van der Waals surface area (Å²) in [6, 6.07) is 0.304. The first-order valence-electron chi connectivity index (χ1n) is 4.83. The second-order valence-corrected chi connectivity index (χ2v) is 5.81. The summed E-state index contributed by atoms with van der Waals surface area (Å²) in [5.41, 5.74) is 6.29. The topological polar surface area (TPSA) is 42.2 Å². The van der Waals surface area contributed by atoms with Gasteiger partial charge in [0.15, 0.2) is 5.13 Å². The Balaban J connectivity index is 2.20. The summed E-state index contributed by atoms with van der Waals surface area (Å²) in [5.74, 6) is 0.508. The lowest BCUT2D eigenvalue weighted by Gasteiger charge is -2.05. The summed E-state index contributed by atoms with van der Waals surface area (Å²) in [6.07, 6.45) is 1.97. The molecular weight excluding hydrogens is 194 g/mol. The second kappa shape index (κ2) is 2.94. The van der Waals surface area contributed by atoms with Crippen LogP contribution < -0.4 is 10.6 Å². The summed E-state index contributed by atoms with van der Waals surface area (Å²) in [6.45, 7) is 4.44. The third-order valence-electron chi connectivity index (χ3n) is 3.11. The fourth-order valence-corrected chi connectivity index (χ4v) is 3.03. The van der Waals surface area contributed by atoms with Crippen molar-refractivity contribution in [2.24, 2.45) is 11.1 Å². The van der Waals surface area contributed by atoms with Crippen molar-refractivity contribution in [2.45, 2.75) is 25.8 Å². The van der Waals surface area contributed by atoms with Crippen molar-refractivity contribution in [2.75, 3.05) is 19.0 Å². The van der Waals surface area contributed by atoms with E-state index in [1.807, 2.05) is 25.2 Å². The van der Waals surface area contributed by atoms with E-state index in [2.05, 4.69) is 18.8 Å². The smallest absolute Gasteiger partial charge is 0.184 e. The van der Waals surface area contributed by atoms with E-state index in [9.17, 15) is 0 Å². The molecule has 1 aliphatic rings. The van der Waals surface area contributed by atoms with E-state index < -0.39 is 0 Å². The molecule has 3 nitrogen and oxygen atoms in total. The van der Waals surface area contributed by atoms with Gasteiger partial charge in [-0.2, -0.15) is 0 Å². The van der Waals surface area contributed by atoms with Gasteiger partial charge in [-0.25, -0.2) is 4.98 Å². The summed E-state index contributed by atoms with van der Waals surface area (Å²) >= 11 is 1.75. The predicted molar refractivity (Wildman–Crippen MR) is 60.9 cm³/mol. The van der Waals surface area contributed by atoms with E-state index in [-0.39, 0.29) is 5.41 Å². The molecular formula is C10H17N3S. The molecule has 0 aliphatic heterocycles. The molecule has 14 heavy (non-hydrogen) atoms. The normalized spacial score (nSPS) is 28.9. The van der Waals surface area contributed by atoms with E-state index in [4.69, 9.17) is 5.73 Å². The largest absolute Gasteiger partial charge is 0.354 e. The molecule has 1 aliphatic carbocycles. The molecule has 1 saturated carbocycles. The van der Waals surface area contributed by atoms with Crippen LogP contribution in [0.5, 0.6) is 0 Å². The van der Waals surface area contributed by atoms with Crippen molar-refractivity contribution < 1.29 is 0 Å². The highest BCUT2D eigenvalue weighted by molar-refractivity contribution is 7.15. The van der Waals surface area contributed by atoms with Crippen molar-refractivity contribution in [3.05, 3.63) is 11.1 Å². The summed E-state index contributed by atoms with van der Waals surface area (Å²) in [4.78, 5) is 7.73. The standard InChI is InChI=1S/C10H17N3S/c1-10(2)7(8(10)11)6-5-12-9(14-6)13(3)4/h5,7-8H,11H2,1-4H3. The molecule has 0 amide bonds. The van der Waals surface area contributed by atoms with E-state index in [0.717, 1.165) is 5.13 Å². The average Bonchev–Trinajstić information content (AvgIpc) is 2.55. The predicted octanol–water partition coefficient (Wildman–Crippen LogP) is 1.66. The highest BCUT2D eigenvalue weighted by Gasteiger charge is 2.57. The van der Waals surface area contributed by atoms with E-state index in [1.54, 1.807) is 11.3 Å². The molecule has 1 heterocycles. The van der Waals surface area contributed by atoms with E-state index in [0.29, 0.717) is 12.0 Å². The number of hydrogen-bond donors (Lipinski definition) is 1. The lowest BCUT2D eigenvalue weighted by atomic mass is 10.1. The van der Waals surface area contributed by atoms with Gasteiger partial charge in [0.1, 0.15) is 0 Å². The van der Waals surface area contributed by atoms with Gasteiger partial charge < -0.3 is 10.6 Å². The molecule has 2 atom stereocenters. The summed E-state index contributed by atoms with van der Waals surface area (Å²) in [7, 11) is 4.03. The molecule has 1 aromatic rings. The first kappa shape index (κ1) is 9.93. The maximum absolute atomic E-state index is 6.03. The van der Waals surface area contributed by atoms with E-state index in [1.165, 1.54) is 4.88 Å². The Kier molecular flexibility index (Phi) is 2.08. The second-order valence-electron chi connectivity index (χ2n) is 4.76. The molecule has 2 N–H and O–H groups in total. The van der Waals surface area contributed by atoms with E-state index >= 15 is 0 Å². The van der Waals surface area contributed by atoms with Crippen molar-refractivity contribution in [1.82, 2.24) is 4.98 Å². The van der Waals surface area contributed by atoms with Gasteiger partial charge in [-0.15, -0.1) is 11.3 Å². The highest BCUT2D eigenvalue weighted by atomic mass is 32.1. The van der Waals surface area contributed by atoms with Crippen LogP contribution in [0.1, 0.15) is 24.6 Å². The Hall–Kier alpha value is -0.610. The summed E-state index contributed by atoms with van der Waals surface area (Å²) < 4.78 is 0. The Morgan fingerprint density at radius 1 is 1.50 bits per heavy atom. The van der Waals surface area contributed by atoms with Crippen LogP contribution in [0.2, 0.25) is 0 Å². The fourth-order valence-electron chi connectivity index (χ4n) is 1.85. The number of aromatic nitrogens is 1. The number of nitrogens with zero attached hydrogens (tertiary/aromatic N) is 2. The third-order valence-corrected chi connectivity index (χ3v) is 4.36. The quantitative estimate of drug-likeness (QED) is 0.809. The molecule has 0 aromatic carbocycles. The molecule has 0 spiro atoms. The lowest BCUT2D eigenvalue weighted by molar-refractivity contribution is 0.601. The van der Waals surface area contributed by atoms with Crippen molar-refractivity contribution in [3.8, 4) is 0 Å². The van der Waals surface area contributed by atoms with Crippen LogP contribution in [0.25, 0.3) is 0 Å². The van der Waals surface area contributed by atoms with Crippen LogP contribution in [0.3, 0.4) is 0 Å². The SMILES string of the molecule is CN(C)c1ncc(C2C(N)C2(C)C)s1. The first-order chi connectivity index (χ1) is 6.44. The van der Waals surface area contributed by atoms with Gasteiger partial charge >= 0.3 is 0 Å². The van der Waals surface area contributed by atoms with Crippen LogP contribution >= 0.6 is 11.3 Å². The first-order valence-corrected chi connectivity index (χ1v) is 5.65. The minimum absolute atomic E-state index is 0.260. The van der Waals surface area contributed by atoms with Crippen LogP contribution in [-0.4, -0.2) is 25.1 Å². The zero-order valence-electron chi connectivity index (χ0n) is 9.11. The molecule has 4 heteroatoms.